The van der Waals surface area contributed by atoms with Gasteiger partial charge in [0, 0.05) is 38.3 Å². The highest BCUT2D eigenvalue weighted by Gasteiger charge is 2.24. The van der Waals surface area contributed by atoms with Gasteiger partial charge < -0.3 is 24.2 Å². The van der Waals surface area contributed by atoms with Crippen LogP contribution in [0.3, 0.4) is 0 Å². The van der Waals surface area contributed by atoms with Gasteiger partial charge in [-0.15, -0.1) is 11.3 Å². The lowest BCUT2D eigenvalue weighted by Gasteiger charge is -2.34. The number of piperidine rings is 1. The third-order valence-electron chi connectivity index (χ3n) is 5.65. The van der Waals surface area contributed by atoms with E-state index in [1.54, 1.807) is 11.7 Å². The van der Waals surface area contributed by atoms with Crippen LogP contribution in [0.15, 0.2) is 28.9 Å². The van der Waals surface area contributed by atoms with Gasteiger partial charge in [0.25, 0.3) is 0 Å². The van der Waals surface area contributed by atoms with E-state index in [2.05, 4.69) is 34.2 Å². The van der Waals surface area contributed by atoms with E-state index in [0.29, 0.717) is 40.1 Å². The number of halogens is 1. The molecule has 3 aromatic rings. The van der Waals surface area contributed by atoms with E-state index in [0.717, 1.165) is 30.8 Å². The number of ether oxygens (including phenoxy) is 2. The quantitative estimate of drug-likeness (QED) is 0.496. The zero-order chi connectivity index (χ0) is 23.4. The van der Waals surface area contributed by atoms with Crippen molar-refractivity contribution >= 4 is 29.0 Å². The van der Waals surface area contributed by atoms with Crippen LogP contribution in [0, 0.1) is 0 Å². The van der Waals surface area contributed by atoms with E-state index in [9.17, 15) is 4.79 Å². The van der Waals surface area contributed by atoms with Crippen molar-refractivity contribution in [3.05, 3.63) is 40.3 Å². The first-order chi connectivity index (χ1) is 15.9. The SMILES string of the molecule is COCc1ncc(OC(=O)NC2CCN(C(C)C)CC2)n1Cc1cc(-c2ccc(Cl)s2)on1. The molecule has 0 aliphatic carbocycles. The Balaban J connectivity index is 1.42. The molecule has 4 rings (SSSR count). The summed E-state index contributed by atoms with van der Waals surface area (Å²) in [6.07, 6.45) is 2.83. The molecular formula is C22H28ClN5O4S. The maximum atomic E-state index is 12.6. The Bertz CT molecular complexity index is 1070. The van der Waals surface area contributed by atoms with E-state index < -0.39 is 6.09 Å². The molecule has 0 atom stereocenters. The minimum absolute atomic E-state index is 0.0954. The standard InChI is InChI=1S/C22H28ClN5O4S/c1-14(2)27-8-6-15(7-9-27)25-22(29)31-21-11-24-20(13-30-3)28(21)12-16-10-17(32-26-16)18-4-5-19(23)33-18/h4-5,10-11,14-15H,6-9,12-13H2,1-3H3,(H,25,29). The highest BCUT2D eigenvalue weighted by Crippen LogP contribution is 2.31. The van der Waals surface area contributed by atoms with Crippen LogP contribution in [0.25, 0.3) is 10.6 Å². The van der Waals surface area contributed by atoms with Gasteiger partial charge in [0.1, 0.15) is 18.1 Å². The normalized spacial score (nSPS) is 15.3. The second-order valence-corrected chi connectivity index (χ2v) is 9.97. The summed E-state index contributed by atoms with van der Waals surface area (Å²) in [6.45, 7) is 6.88. The molecule has 1 N–H and O–H groups in total. The second kappa shape index (κ2) is 10.7. The lowest BCUT2D eigenvalue weighted by molar-refractivity contribution is 0.150. The highest BCUT2D eigenvalue weighted by molar-refractivity contribution is 7.19. The Labute approximate surface area is 201 Å². The van der Waals surface area contributed by atoms with Crippen molar-refractivity contribution in [3.8, 4) is 16.5 Å². The molecule has 0 aromatic carbocycles. The number of carbonyl (C=O) groups is 1. The Morgan fingerprint density at radius 1 is 1.36 bits per heavy atom. The van der Waals surface area contributed by atoms with Gasteiger partial charge in [0.15, 0.2) is 5.76 Å². The Morgan fingerprint density at radius 3 is 2.82 bits per heavy atom. The van der Waals surface area contributed by atoms with E-state index in [1.165, 1.54) is 17.5 Å². The number of methoxy groups -OCH3 is 1. The number of nitrogens with zero attached hydrogens (tertiary/aromatic N) is 4. The number of carbonyl (C=O) groups excluding carboxylic acids is 1. The molecule has 1 amide bonds. The largest absolute Gasteiger partial charge is 0.414 e. The summed E-state index contributed by atoms with van der Waals surface area (Å²) in [5.74, 6) is 1.57. The zero-order valence-corrected chi connectivity index (χ0v) is 20.5. The monoisotopic (exact) mass is 493 g/mol. The van der Waals surface area contributed by atoms with Gasteiger partial charge in [-0.25, -0.2) is 9.78 Å². The molecule has 9 nitrogen and oxygen atoms in total. The fraction of sp³-hybridized carbons (Fsp3) is 0.500. The van der Waals surface area contributed by atoms with Crippen molar-refractivity contribution in [2.45, 2.75) is 51.9 Å². The maximum absolute atomic E-state index is 12.6. The first-order valence-corrected chi connectivity index (χ1v) is 12.1. The molecule has 1 aliphatic heterocycles. The van der Waals surface area contributed by atoms with Crippen LogP contribution in [0.5, 0.6) is 5.88 Å². The third kappa shape index (κ3) is 5.94. The molecule has 4 heterocycles. The van der Waals surface area contributed by atoms with Gasteiger partial charge >= 0.3 is 6.09 Å². The van der Waals surface area contributed by atoms with Gasteiger partial charge in [-0.2, -0.15) is 0 Å². The zero-order valence-electron chi connectivity index (χ0n) is 18.9. The average Bonchev–Trinajstić information content (AvgIpc) is 3.51. The van der Waals surface area contributed by atoms with Gasteiger partial charge in [-0.3, -0.25) is 4.57 Å². The van der Waals surface area contributed by atoms with Crippen molar-refractivity contribution in [2.75, 3.05) is 20.2 Å². The summed E-state index contributed by atoms with van der Waals surface area (Å²) in [4.78, 5) is 20.2. The van der Waals surface area contributed by atoms with Crippen LogP contribution in [0.1, 0.15) is 38.2 Å². The van der Waals surface area contributed by atoms with Gasteiger partial charge in [0.2, 0.25) is 5.88 Å². The van der Waals surface area contributed by atoms with Crippen LogP contribution in [0.2, 0.25) is 4.34 Å². The molecule has 33 heavy (non-hydrogen) atoms. The smallest absolute Gasteiger partial charge is 0.391 e. The van der Waals surface area contributed by atoms with Crippen LogP contribution in [-0.4, -0.2) is 58.0 Å². The van der Waals surface area contributed by atoms with Gasteiger partial charge in [0.05, 0.1) is 22.0 Å². The molecule has 178 valence electrons. The number of hydrogen-bond donors (Lipinski definition) is 1. The number of rotatable bonds is 8. The van der Waals surface area contributed by atoms with Gasteiger partial charge in [-0.05, 0) is 38.8 Å². The fourth-order valence-electron chi connectivity index (χ4n) is 3.85. The van der Waals surface area contributed by atoms with Crippen molar-refractivity contribution in [1.29, 1.82) is 0 Å². The summed E-state index contributed by atoms with van der Waals surface area (Å²) in [7, 11) is 1.59. The molecule has 1 saturated heterocycles. The van der Waals surface area contributed by atoms with Crippen molar-refractivity contribution in [3.63, 3.8) is 0 Å². The summed E-state index contributed by atoms with van der Waals surface area (Å²) in [5.41, 5.74) is 0.663. The average molecular weight is 494 g/mol. The number of amides is 1. The van der Waals surface area contributed by atoms with E-state index in [1.807, 2.05) is 18.2 Å². The molecule has 1 fully saturated rings. The number of likely N-dealkylation sites (tertiary alicyclic amines) is 1. The lowest BCUT2D eigenvalue weighted by atomic mass is 10.0. The summed E-state index contributed by atoms with van der Waals surface area (Å²) < 4.78 is 18.8. The minimum atomic E-state index is -0.489. The Morgan fingerprint density at radius 2 is 2.15 bits per heavy atom. The van der Waals surface area contributed by atoms with E-state index >= 15 is 0 Å². The van der Waals surface area contributed by atoms with Crippen LogP contribution >= 0.6 is 22.9 Å². The van der Waals surface area contributed by atoms with Crippen molar-refractivity contribution < 1.29 is 18.8 Å². The molecule has 0 unspecified atom stereocenters. The fourth-order valence-corrected chi connectivity index (χ4v) is 4.85. The second-order valence-electron chi connectivity index (χ2n) is 8.26. The summed E-state index contributed by atoms with van der Waals surface area (Å²) in [6, 6.07) is 6.15. The molecule has 11 heteroatoms. The Kier molecular flexibility index (Phi) is 7.69. The van der Waals surface area contributed by atoms with Crippen LogP contribution in [0.4, 0.5) is 4.79 Å². The van der Waals surface area contributed by atoms with Gasteiger partial charge in [-0.1, -0.05) is 16.8 Å². The first-order valence-electron chi connectivity index (χ1n) is 10.9. The number of thiophene rings is 1. The molecular weight excluding hydrogens is 466 g/mol. The minimum Gasteiger partial charge on any atom is -0.391 e. The van der Waals surface area contributed by atoms with Crippen molar-refractivity contribution in [1.82, 2.24) is 24.9 Å². The summed E-state index contributed by atoms with van der Waals surface area (Å²) in [5, 5.41) is 7.13. The molecule has 1 aliphatic rings. The van der Waals surface area contributed by atoms with E-state index in [-0.39, 0.29) is 12.6 Å². The molecule has 0 radical (unpaired) electrons. The molecule has 0 saturated carbocycles. The number of hydrogen-bond acceptors (Lipinski definition) is 8. The number of imidazole rings is 1. The number of nitrogens with one attached hydrogen (secondary N) is 1. The van der Waals surface area contributed by atoms with E-state index in [4.69, 9.17) is 25.6 Å². The highest BCUT2D eigenvalue weighted by atomic mass is 35.5. The van der Waals surface area contributed by atoms with Crippen LogP contribution < -0.4 is 10.1 Å². The first kappa shape index (κ1) is 23.7. The number of aromatic nitrogens is 3. The summed E-state index contributed by atoms with van der Waals surface area (Å²) >= 11 is 7.44. The third-order valence-corrected chi connectivity index (χ3v) is 6.89. The van der Waals surface area contributed by atoms with Crippen LogP contribution in [-0.2, 0) is 17.9 Å². The predicted molar refractivity (Wildman–Crippen MR) is 126 cm³/mol. The lowest BCUT2D eigenvalue weighted by Crippen LogP contribution is -2.47. The predicted octanol–water partition coefficient (Wildman–Crippen LogP) is 4.41. The topological polar surface area (TPSA) is 94.7 Å². The molecule has 0 spiro atoms. The molecule has 3 aromatic heterocycles. The Hall–Kier alpha value is -2.40. The maximum Gasteiger partial charge on any atom is 0.414 e. The molecule has 0 bridgehead atoms. The van der Waals surface area contributed by atoms with Crippen molar-refractivity contribution in [2.24, 2.45) is 0 Å².